The van der Waals surface area contributed by atoms with Gasteiger partial charge in [-0.1, -0.05) is 103 Å². The average Bonchev–Trinajstić information content (AvgIpc) is 3.15. The van der Waals surface area contributed by atoms with Crippen LogP contribution in [-0.2, 0) is 28.3 Å². The van der Waals surface area contributed by atoms with Crippen molar-refractivity contribution >= 4 is 5.97 Å². The third-order valence-electron chi connectivity index (χ3n) is 8.30. The fourth-order valence-corrected chi connectivity index (χ4v) is 5.73. The van der Waals surface area contributed by atoms with E-state index in [0.29, 0.717) is 24.5 Å². The fraction of sp³-hybridized carbons (Fsp3) is 0.143. The van der Waals surface area contributed by atoms with Crippen LogP contribution in [0.15, 0.2) is 146 Å². The van der Waals surface area contributed by atoms with Gasteiger partial charge in [-0.15, -0.1) is 0 Å². The second-order valence-corrected chi connectivity index (χ2v) is 11.5. The SMILES string of the molecule is COC(=O)c1cccc(COc2cccc(-c3ccc(COC(c4ccccc4)(c4ccc(C)cc4)c4ccc(OC)cc4)cn3)c2)c1. The van der Waals surface area contributed by atoms with Crippen molar-refractivity contribution in [2.45, 2.75) is 25.7 Å². The maximum absolute atomic E-state index is 11.9. The van der Waals surface area contributed by atoms with Gasteiger partial charge >= 0.3 is 5.97 Å². The van der Waals surface area contributed by atoms with E-state index in [1.807, 2.05) is 85.1 Å². The van der Waals surface area contributed by atoms with Gasteiger partial charge in [0.15, 0.2) is 0 Å². The molecule has 0 radical (unpaired) electrons. The highest BCUT2D eigenvalue weighted by Crippen LogP contribution is 2.42. The normalized spacial score (nSPS) is 12.1. The summed E-state index contributed by atoms with van der Waals surface area (Å²) in [6.07, 6.45) is 1.86. The van der Waals surface area contributed by atoms with Gasteiger partial charge < -0.3 is 18.9 Å². The summed E-state index contributed by atoms with van der Waals surface area (Å²) in [4.78, 5) is 16.7. The van der Waals surface area contributed by atoms with E-state index in [0.717, 1.165) is 44.8 Å². The molecule has 1 unspecified atom stereocenters. The third kappa shape index (κ3) is 7.14. The highest BCUT2D eigenvalue weighted by atomic mass is 16.5. The van der Waals surface area contributed by atoms with E-state index < -0.39 is 5.60 Å². The summed E-state index contributed by atoms with van der Waals surface area (Å²) in [5.74, 6) is 1.11. The van der Waals surface area contributed by atoms with E-state index in [1.54, 1.807) is 19.2 Å². The van der Waals surface area contributed by atoms with Gasteiger partial charge in [0.1, 0.15) is 23.7 Å². The fourth-order valence-electron chi connectivity index (χ4n) is 5.73. The van der Waals surface area contributed by atoms with E-state index in [1.165, 1.54) is 12.7 Å². The van der Waals surface area contributed by atoms with Gasteiger partial charge in [0.2, 0.25) is 0 Å². The molecular weight excluding hydrogens is 598 g/mol. The zero-order valence-corrected chi connectivity index (χ0v) is 27.3. The minimum absolute atomic E-state index is 0.316. The number of aromatic nitrogens is 1. The second kappa shape index (κ2) is 14.8. The number of aryl methyl sites for hydroxylation is 1. The van der Waals surface area contributed by atoms with Gasteiger partial charge in [0.25, 0.3) is 0 Å². The smallest absolute Gasteiger partial charge is 0.337 e. The minimum atomic E-state index is -0.873. The molecule has 0 spiro atoms. The Balaban J connectivity index is 1.24. The Morgan fingerprint density at radius 2 is 1.35 bits per heavy atom. The minimum Gasteiger partial charge on any atom is -0.497 e. The lowest BCUT2D eigenvalue weighted by molar-refractivity contribution is 0.0000953. The van der Waals surface area contributed by atoms with E-state index in [9.17, 15) is 4.79 Å². The number of hydrogen-bond donors (Lipinski definition) is 0. The van der Waals surface area contributed by atoms with Gasteiger partial charge in [0.05, 0.1) is 32.1 Å². The van der Waals surface area contributed by atoms with Crippen molar-refractivity contribution < 1.29 is 23.7 Å². The summed E-state index contributed by atoms with van der Waals surface area (Å²) in [5.41, 5.74) is 7.41. The number of nitrogens with zero attached hydrogens (tertiary/aromatic N) is 1. The summed E-state index contributed by atoms with van der Waals surface area (Å²) in [7, 11) is 3.04. The van der Waals surface area contributed by atoms with Crippen molar-refractivity contribution in [1.29, 1.82) is 0 Å². The van der Waals surface area contributed by atoms with Crippen molar-refractivity contribution in [2.75, 3.05) is 14.2 Å². The summed E-state index contributed by atoms with van der Waals surface area (Å²) in [5, 5.41) is 0. The molecule has 5 aromatic carbocycles. The maximum atomic E-state index is 11.9. The Morgan fingerprint density at radius 1 is 0.646 bits per heavy atom. The van der Waals surface area contributed by atoms with Crippen LogP contribution in [-0.4, -0.2) is 25.2 Å². The Morgan fingerprint density at radius 3 is 2.04 bits per heavy atom. The zero-order valence-electron chi connectivity index (χ0n) is 27.3. The Kier molecular flexibility index (Phi) is 9.93. The zero-order chi connectivity index (χ0) is 33.3. The third-order valence-corrected chi connectivity index (χ3v) is 8.30. The molecule has 0 saturated carbocycles. The van der Waals surface area contributed by atoms with Crippen LogP contribution < -0.4 is 9.47 Å². The molecule has 0 amide bonds. The Hall–Kier alpha value is -5.72. The van der Waals surface area contributed by atoms with Gasteiger partial charge in [-0.2, -0.15) is 0 Å². The molecule has 1 heterocycles. The van der Waals surface area contributed by atoms with Crippen molar-refractivity contribution in [1.82, 2.24) is 4.98 Å². The van der Waals surface area contributed by atoms with E-state index >= 15 is 0 Å². The van der Waals surface area contributed by atoms with Crippen LogP contribution in [0.1, 0.15) is 43.7 Å². The molecule has 1 atom stereocenters. The topological polar surface area (TPSA) is 66.9 Å². The molecule has 0 saturated heterocycles. The highest BCUT2D eigenvalue weighted by Gasteiger charge is 2.37. The number of esters is 1. The number of benzene rings is 5. The lowest BCUT2D eigenvalue weighted by Crippen LogP contribution is -2.32. The summed E-state index contributed by atoms with van der Waals surface area (Å²) in [6, 6.07) is 46.0. The van der Waals surface area contributed by atoms with Crippen LogP contribution in [0.25, 0.3) is 11.3 Å². The molecule has 0 aliphatic carbocycles. The molecule has 6 nitrogen and oxygen atoms in total. The monoisotopic (exact) mass is 635 g/mol. The molecule has 48 heavy (non-hydrogen) atoms. The first-order valence-electron chi connectivity index (χ1n) is 15.7. The molecule has 0 aliphatic heterocycles. The molecule has 6 heteroatoms. The molecule has 6 rings (SSSR count). The quantitative estimate of drug-likeness (QED) is 0.0988. The van der Waals surface area contributed by atoms with Gasteiger partial charge in [-0.25, -0.2) is 4.79 Å². The van der Waals surface area contributed by atoms with Crippen LogP contribution in [0.4, 0.5) is 0 Å². The predicted octanol–water partition coefficient (Wildman–Crippen LogP) is 8.94. The van der Waals surface area contributed by atoms with Crippen molar-refractivity contribution in [3.63, 3.8) is 0 Å². The molecule has 0 aliphatic rings. The van der Waals surface area contributed by atoms with Crippen LogP contribution in [0.5, 0.6) is 11.5 Å². The summed E-state index contributed by atoms with van der Waals surface area (Å²) >= 11 is 0. The van der Waals surface area contributed by atoms with Gasteiger partial charge in [-0.3, -0.25) is 4.98 Å². The first-order valence-corrected chi connectivity index (χ1v) is 15.7. The van der Waals surface area contributed by atoms with Crippen molar-refractivity contribution in [3.8, 4) is 22.8 Å². The average molecular weight is 636 g/mol. The predicted molar refractivity (Wildman–Crippen MR) is 187 cm³/mol. The molecule has 0 bridgehead atoms. The number of methoxy groups -OCH3 is 2. The number of carbonyl (C=O) groups excluding carboxylic acids is 1. The maximum Gasteiger partial charge on any atom is 0.337 e. The highest BCUT2D eigenvalue weighted by molar-refractivity contribution is 5.89. The number of rotatable bonds is 12. The van der Waals surface area contributed by atoms with Crippen LogP contribution in [0.3, 0.4) is 0 Å². The Labute approximate surface area is 281 Å². The first kappa shape index (κ1) is 32.2. The number of carbonyl (C=O) groups is 1. The summed E-state index contributed by atoms with van der Waals surface area (Å²) < 4.78 is 23.4. The van der Waals surface area contributed by atoms with E-state index in [2.05, 4.69) is 55.5 Å². The number of pyridine rings is 1. The van der Waals surface area contributed by atoms with E-state index in [-0.39, 0.29) is 5.97 Å². The molecule has 0 N–H and O–H groups in total. The van der Waals surface area contributed by atoms with E-state index in [4.69, 9.17) is 23.9 Å². The lowest BCUT2D eigenvalue weighted by Gasteiger charge is -2.36. The van der Waals surface area contributed by atoms with Crippen molar-refractivity contribution in [3.05, 3.63) is 185 Å². The molecule has 240 valence electrons. The first-order chi connectivity index (χ1) is 23.5. The lowest BCUT2D eigenvalue weighted by atomic mass is 9.79. The van der Waals surface area contributed by atoms with Gasteiger partial charge in [-0.05, 0) is 77.2 Å². The van der Waals surface area contributed by atoms with Crippen LogP contribution in [0, 0.1) is 6.92 Å². The number of hydrogen-bond acceptors (Lipinski definition) is 6. The molecule has 1 aromatic heterocycles. The molecule has 0 fully saturated rings. The van der Waals surface area contributed by atoms with Crippen molar-refractivity contribution in [2.24, 2.45) is 0 Å². The standard InChI is InChI=1S/C42H37NO5/c1-30-15-18-36(19-16-30)42(35-12-5-4-6-13-35,37-20-22-38(45-2)23-21-37)48-29-32-17-24-40(43-27-32)33-10-8-14-39(26-33)47-28-31-9-7-11-34(25-31)41(44)46-3/h4-27H,28-29H2,1-3H3. The second-order valence-electron chi connectivity index (χ2n) is 11.5. The Bertz CT molecular complexity index is 1960. The summed E-state index contributed by atoms with van der Waals surface area (Å²) in [6.45, 7) is 2.73. The molecule has 6 aromatic rings. The van der Waals surface area contributed by atoms with Crippen LogP contribution in [0.2, 0.25) is 0 Å². The molecular formula is C42H37NO5. The largest absolute Gasteiger partial charge is 0.497 e. The van der Waals surface area contributed by atoms with Gasteiger partial charge in [0, 0.05) is 11.8 Å². The van der Waals surface area contributed by atoms with Crippen LogP contribution >= 0.6 is 0 Å². The number of ether oxygens (including phenoxy) is 4.